The summed E-state index contributed by atoms with van der Waals surface area (Å²) in [6.07, 6.45) is 0.136. The average molecular weight is 292 g/mol. The zero-order valence-corrected chi connectivity index (χ0v) is 13.2. The summed E-state index contributed by atoms with van der Waals surface area (Å²) in [5.41, 5.74) is 7.50. The third-order valence-corrected chi connectivity index (χ3v) is 3.47. The Bertz CT molecular complexity index is 528. The molecule has 5 heteroatoms. The Balaban J connectivity index is 2.28. The van der Waals surface area contributed by atoms with Crippen LogP contribution in [-0.4, -0.2) is 37.4 Å². The summed E-state index contributed by atoms with van der Waals surface area (Å²) in [5, 5.41) is 0. The molecule has 0 spiro atoms. The van der Waals surface area contributed by atoms with Gasteiger partial charge in [-0.05, 0) is 45.9 Å². The van der Waals surface area contributed by atoms with E-state index in [0.717, 1.165) is 18.8 Å². The lowest BCUT2D eigenvalue weighted by atomic mass is 10.0. The first-order valence-corrected chi connectivity index (χ1v) is 7.32. The van der Waals surface area contributed by atoms with Crippen molar-refractivity contribution in [2.75, 3.05) is 30.3 Å². The maximum absolute atomic E-state index is 11.9. The van der Waals surface area contributed by atoms with Gasteiger partial charge in [-0.2, -0.15) is 0 Å². The van der Waals surface area contributed by atoms with E-state index in [1.54, 1.807) is 19.1 Å². The summed E-state index contributed by atoms with van der Waals surface area (Å²) in [4.78, 5) is 14.2. The Labute approximate surface area is 126 Å². The fourth-order valence-electron chi connectivity index (χ4n) is 2.78. The number of rotatable bonds is 3. The molecular formula is C16H24N2O3. The molecule has 1 heterocycles. The van der Waals surface area contributed by atoms with Crippen molar-refractivity contribution in [3.63, 3.8) is 0 Å². The standard InChI is InChI=1S/C16H24N2O3/c1-5-20-15(19)13-8-12(6-7-14(13)17)18-9-11(2)21-16(3,4)10-18/h6-8,11H,5,9-10,17H2,1-4H3. The van der Waals surface area contributed by atoms with E-state index in [1.165, 1.54) is 0 Å². The highest BCUT2D eigenvalue weighted by Crippen LogP contribution is 2.28. The molecule has 0 amide bonds. The highest BCUT2D eigenvalue weighted by molar-refractivity contribution is 5.96. The summed E-state index contributed by atoms with van der Waals surface area (Å²) in [6, 6.07) is 5.50. The van der Waals surface area contributed by atoms with Crippen molar-refractivity contribution in [1.29, 1.82) is 0 Å². The van der Waals surface area contributed by atoms with Gasteiger partial charge in [0.25, 0.3) is 0 Å². The average Bonchev–Trinajstić information content (AvgIpc) is 2.37. The van der Waals surface area contributed by atoms with Crippen LogP contribution in [0.5, 0.6) is 0 Å². The summed E-state index contributed by atoms with van der Waals surface area (Å²) in [5.74, 6) is -0.377. The van der Waals surface area contributed by atoms with Gasteiger partial charge in [0.1, 0.15) is 0 Å². The highest BCUT2D eigenvalue weighted by Gasteiger charge is 2.31. The molecule has 1 aliphatic rings. The smallest absolute Gasteiger partial charge is 0.340 e. The number of carbonyl (C=O) groups is 1. The van der Waals surface area contributed by atoms with E-state index in [2.05, 4.69) is 25.7 Å². The molecule has 0 radical (unpaired) electrons. The van der Waals surface area contributed by atoms with Crippen molar-refractivity contribution < 1.29 is 14.3 Å². The first kappa shape index (κ1) is 15.6. The van der Waals surface area contributed by atoms with Gasteiger partial charge >= 0.3 is 5.97 Å². The molecule has 1 saturated heterocycles. The lowest BCUT2D eigenvalue weighted by molar-refractivity contribution is -0.0749. The Morgan fingerprint density at radius 1 is 1.52 bits per heavy atom. The maximum atomic E-state index is 11.9. The van der Waals surface area contributed by atoms with Crippen LogP contribution in [0.25, 0.3) is 0 Å². The molecule has 2 rings (SSSR count). The predicted octanol–water partition coefficient (Wildman–Crippen LogP) is 2.45. The lowest BCUT2D eigenvalue weighted by Crippen LogP contribution is -2.52. The zero-order chi connectivity index (χ0) is 15.6. The number of hydrogen-bond donors (Lipinski definition) is 1. The fraction of sp³-hybridized carbons (Fsp3) is 0.562. The largest absolute Gasteiger partial charge is 0.462 e. The monoisotopic (exact) mass is 292 g/mol. The van der Waals surface area contributed by atoms with E-state index in [1.807, 2.05) is 6.07 Å². The number of nitrogen functional groups attached to an aromatic ring is 1. The molecule has 1 atom stereocenters. The fourth-order valence-corrected chi connectivity index (χ4v) is 2.78. The van der Waals surface area contributed by atoms with Crippen molar-refractivity contribution >= 4 is 17.3 Å². The van der Waals surface area contributed by atoms with E-state index < -0.39 is 0 Å². The van der Waals surface area contributed by atoms with E-state index in [9.17, 15) is 4.79 Å². The Kier molecular flexibility index (Phi) is 4.42. The minimum Gasteiger partial charge on any atom is -0.462 e. The number of anilines is 2. The number of ether oxygens (including phenoxy) is 2. The molecule has 5 nitrogen and oxygen atoms in total. The molecule has 21 heavy (non-hydrogen) atoms. The SMILES string of the molecule is CCOC(=O)c1cc(N2CC(C)OC(C)(C)C2)ccc1N. The van der Waals surface area contributed by atoms with Gasteiger partial charge in [0.15, 0.2) is 0 Å². The second kappa shape index (κ2) is 5.93. The second-order valence-corrected chi connectivity index (χ2v) is 6.06. The number of morpholine rings is 1. The molecule has 1 aromatic carbocycles. The minimum absolute atomic E-state index is 0.136. The molecule has 1 fully saturated rings. The van der Waals surface area contributed by atoms with E-state index in [-0.39, 0.29) is 17.7 Å². The van der Waals surface area contributed by atoms with E-state index in [0.29, 0.717) is 17.9 Å². The predicted molar refractivity (Wildman–Crippen MR) is 83.6 cm³/mol. The van der Waals surface area contributed by atoms with Crippen LogP contribution < -0.4 is 10.6 Å². The molecule has 116 valence electrons. The van der Waals surface area contributed by atoms with Gasteiger partial charge in [-0.1, -0.05) is 0 Å². The lowest BCUT2D eigenvalue weighted by Gasteiger charge is -2.43. The van der Waals surface area contributed by atoms with Crippen LogP contribution >= 0.6 is 0 Å². The first-order valence-electron chi connectivity index (χ1n) is 7.32. The van der Waals surface area contributed by atoms with Gasteiger partial charge in [0.2, 0.25) is 0 Å². The number of esters is 1. The summed E-state index contributed by atoms with van der Waals surface area (Å²) >= 11 is 0. The highest BCUT2D eigenvalue weighted by atomic mass is 16.5. The van der Waals surface area contributed by atoms with Crippen LogP contribution in [0.2, 0.25) is 0 Å². The van der Waals surface area contributed by atoms with Gasteiger partial charge in [-0.25, -0.2) is 4.79 Å². The number of benzene rings is 1. The third-order valence-electron chi connectivity index (χ3n) is 3.47. The van der Waals surface area contributed by atoms with Crippen LogP contribution in [0.4, 0.5) is 11.4 Å². The van der Waals surface area contributed by atoms with Gasteiger partial charge in [-0.15, -0.1) is 0 Å². The Morgan fingerprint density at radius 2 is 2.24 bits per heavy atom. The molecular weight excluding hydrogens is 268 g/mol. The summed E-state index contributed by atoms with van der Waals surface area (Å²) < 4.78 is 11.0. The zero-order valence-electron chi connectivity index (χ0n) is 13.2. The number of carbonyl (C=O) groups excluding carboxylic acids is 1. The van der Waals surface area contributed by atoms with Crippen molar-refractivity contribution in [2.24, 2.45) is 0 Å². The normalized spacial score (nSPS) is 21.1. The number of hydrogen-bond acceptors (Lipinski definition) is 5. The van der Waals surface area contributed by atoms with E-state index >= 15 is 0 Å². The quantitative estimate of drug-likeness (QED) is 0.685. The number of nitrogens with two attached hydrogens (primary N) is 1. The van der Waals surface area contributed by atoms with Crippen LogP contribution in [-0.2, 0) is 9.47 Å². The van der Waals surface area contributed by atoms with Crippen LogP contribution in [0, 0.1) is 0 Å². The second-order valence-electron chi connectivity index (χ2n) is 6.06. The molecule has 0 saturated carbocycles. The topological polar surface area (TPSA) is 64.8 Å². The Morgan fingerprint density at radius 3 is 2.86 bits per heavy atom. The minimum atomic E-state index is -0.377. The molecule has 0 bridgehead atoms. The maximum Gasteiger partial charge on any atom is 0.340 e. The van der Waals surface area contributed by atoms with Gasteiger partial charge < -0.3 is 20.1 Å². The molecule has 1 aromatic rings. The van der Waals surface area contributed by atoms with Crippen LogP contribution in [0.3, 0.4) is 0 Å². The van der Waals surface area contributed by atoms with Crippen LogP contribution in [0.15, 0.2) is 18.2 Å². The summed E-state index contributed by atoms with van der Waals surface area (Å²) in [6.45, 7) is 9.86. The third kappa shape index (κ3) is 3.67. The van der Waals surface area contributed by atoms with Crippen molar-refractivity contribution in [3.05, 3.63) is 23.8 Å². The van der Waals surface area contributed by atoms with E-state index in [4.69, 9.17) is 15.2 Å². The van der Waals surface area contributed by atoms with Crippen molar-refractivity contribution in [3.8, 4) is 0 Å². The molecule has 1 unspecified atom stereocenters. The van der Waals surface area contributed by atoms with Gasteiger partial charge in [0.05, 0.1) is 23.9 Å². The molecule has 0 aliphatic carbocycles. The molecule has 1 aliphatic heterocycles. The first-order chi connectivity index (χ1) is 9.82. The summed E-state index contributed by atoms with van der Waals surface area (Å²) in [7, 11) is 0. The van der Waals surface area contributed by atoms with Crippen molar-refractivity contribution in [1.82, 2.24) is 0 Å². The van der Waals surface area contributed by atoms with Crippen molar-refractivity contribution in [2.45, 2.75) is 39.4 Å². The van der Waals surface area contributed by atoms with Crippen LogP contribution in [0.1, 0.15) is 38.1 Å². The number of nitrogens with zero attached hydrogens (tertiary/aromatic N) is 1. The molecule has 2 N–H and O–H groups in total. The van der Waals surface area contributed by atoms with Gasteiger partial charge in [-0.3, -0.25) is 0 Å². The Hall–Kier alpha value is -1.75. The molecule has 0 aromatic heterocycles. The van der Waals surface area contributed by atoms with Gasteiger partial charge in [0, 0.05) is 24.5 Å².